The van der Waals surface area contributed by atoms with Crippen LogP contribution in [0.15, 0.2) is 33.7 Å². The Bertz CT molecular complexity index is 748. The number of furan rings is 1. The van der Waals surface area contributed by atoms with Gasteiger partial charge in [-0.05, 0) is 37.8 Å². The minimum atomic E-state index is 0.0190. The highest BCUT2D eigenvalue weighted by Gasteiger charge is 2.33. The summed E-state index contributed by atoms with van der Waals surface area (Å²) in [5, 5.41) is 0. The predicted octanol–water partition coefficient (Wildman–Crippen LogP) is 2.66. The van der Waals surface area contributed by atoms with Gasteiger partial charge in [-0.25, -0.2) is 4.98 Å². The zero-order valence-electron chi connectivity index (χ0n) is 13.3. The van der Waals surface area contributed by atoms with Crippen LogP contribution < -0.4 is 10.5 Å². The Morgan fingerprint density at radius 3 is 3.00 bits per heavy atom. The van der Waals surface area contributed by atoms with Crippen LogP contribution in [0.3, 0.4) is 0 Å². The summed E-state index contributed by atoms with van der Waals surface area (Å²) in [6.07, 6.45) is 7.72. The molecule has 1 aliphatic heterocycles. The van der Waals surface area contributed by atoms with Gasteiger partial charge in [0.05, 0.1) is 6.04 Å². The van der Waals surface area contributed by atoms with E-state index in [-0.39, 0.29) is 11.6 Å². The first-order valence-electron chi connectivity index (χ1n) is 8.19. The lowest BCUT2D eigenvalue weighted by molar-refractivity contribution is 0.162. The highest BCUT2D eigenvalue weighted by molar-refractivity contribution is 5.41. The molecule has 0 radical (unpaired) electrons. The quantitative estimate of drug-likeness (QED) is 0.849. The average Bonchev–Trinajstić information content (AvgIpc) is 3.09. The maximum absolute atomic E-state index is 12.7. The summed E-state index contributed by atoms with van der Waals surface area (Å²) in [6, 6.07) is 4.37. The monoisotopic (exact) mass is 315 g/mol. The summed E-state index contributed by atoms with van der Waals surface area (Å²) < 4.78 is 12.8. The molecule has 23 heavy (non-hydrogen) atoms. The Kier molecular flexibility index (Phi) is 3.69. The molecular weight excluding hydrogens is 294 g/mol. The second-order valence-corrected chi connectivity index (χ2v) is 6.28. The van der Waals surface area contributed by atoms with E-state index in [0.717, 1.165) is 43.7 Å². The molecule has 0 N–H and O–H groups in total. The van der Waals surface area contributed by atoms with Crippen molar-refractivity contribution in [3.63, 3.8) is 0 Å². The number of methoxy groups -OCH3 is 1. The van der Waals surface area contributed by atoms with Crippen LogP contribution in [-0.4, -0.2) is 23.2 Å². The standard InChI is InChI=1S/C17H21N3O3/c1-22-11-13-6-7-15(23-13)14-3-2-9-20(14)16-17(21)19(10-8-18-16)12-4-5-12/h6-8,10,12,14H,2-5,9,11H2,1H3. The first kappa shape index (κ1) is 14.5. The Labute approximate surface area is 134 Å². The van der Waals surface area contributed by atoms with E-state index in [0.29, 0.717) is 18.5 Å². The summed E-state index contributed by atoms with van der Waals surface area (Å²) in [4.78, 5) is 19.2. The van der Waals surface area contributed by atoms with Gasteiger partial charge in [0.1, 0.15) is 18.1 Å². The minimum Gasteiger partial charge on any atom is -0.461 e. The normalized spacial score (nSPS) is 21.1. The first-order valence-corrected chi connectivity index (χ1v) is 8.19. The number of anilines is 1. The molecule has 2 fully saturated rings. The third-order valence-electron chi connectivity index (χ3n) is 4.61. The largest absolute Gasteiger partial charge is 0.461 e. The number of nitrogens with zero attached hydrogens (tertiary/aromatic N) is 3. The van der Waals surface area contributed by atoms with Crippen molar-refractivity contribution in [2.75, 3.05) is 18.6 Å². The average molecular weight is 315 g/mol. The van der Waals surface area contributed by atoms with Crippen LogP contribution in [0.2, 0.25) is 0 Å². The Morgan fingerprint density at radius 1 is 1.35 bits per heavy atom. The molecule has 0 spiro atoms. The van der Waals surface area contributed by atoms with Crippen molar-refractivity contribution in [3.8, 4) is 0 Å². The van der Waals surface area contributed by atoms with E-state index in [1.165, 1.54) is 0 Å². The van der Waals surface area contributed by atoms with Crippen molar-refractivity contribution < 1.29 is 9.15 Å². The molecule has 0 amide bonds. The SMILES string of the molecule is COCc1ccc(C2CCCN2c2nccn(C3CC3)c2=O)o1. The van der Waals surface area contributed by atoms with Crippen molar-refractivity contribution in [1.29, 1.82) is 0 Å². The van der Waals surface area contributed by atoms with E-state index < -0.39 is 0 Å². The predicted molar refractivity (Wildman–Crippen MR) is 85.5 cm³/mol. The first-order chi connectivity index (χ1) is 11.3. The third-order valence-corrected chi connectivity index (χ3v) is 4.61. The number of aromatic nitrogens is 2. The third kappa shape index (κ3) is 2.67. The van der Waals surface area contributed by atoms with Gasteiger partial charge in [0.2, 0.25) is 0 Å². The molecule has 1 atom stereocenters. The molecule has 6 heteroatoms. The van der Waals surface area contributed by atoms with Gasteiger partial charge in [-0.15, -0.1) is 0 Å². The fraction of sp³-hybridized carbons (Fsp3) is 0.529. The summed E-state index contributed by atoms with van der Waals surface area (Å²) >= 11 is 0. The Hall–Kier alpha value is -2.08. The molecule has 2 aromatic rings. The molecule has 0 bridgehead atoms. The molecule has 122 valence electrons. The minimum absolute atomic E-state index is 0.0190. The van der Waals surface area contributed by atoms with E-state index in [4.69, 9.17) is 9.15 Å². The van der Waals surface area contributed by atoms with Crippen molar-refractivity contribution in [2.24, 2.45) is 0 Å². The van der Waals surface area contributed by atoms with Gasteiger partial charge >= 0.3 is 0 Å². The molecule has 4 rings (SSSR count). The fourth-order valence-electron chi connectivity index (χ4n) is 3.36. The highest BCUT2D eigenvalue weighted by Crippen LogP contribution is 2.36. The van der Waals surface area contributed by atoms with E-state index in [1.54, 1.807) is 19.5 Å². The molecule has 2 aromatic heterocycles. The van der Waals surface area contributed by atoms with Crippen LogP contribution >= 0.6 is 0 Å². The van der Waals surface area contributed by atoms with E-state index in [2.05, 4.69) is 9.88 Å². The Balaban J connectivity index is 1.65. The lowest BCUT2D eigenvalue weighted by Gasteiger charge is -2.24. The number of rotatable bonds is 5. The molecule has 2 aliphatic rings. The van der Waals surface area contributed by atoms with Crippen molar-refractivity contribution in [2.45, 2.75) is 44.4 Å². The van der Waals surface area contributed by atoms with Crippen LogP contribution in [0.4, 0.5) is 5.82 Å². The van der Waals surface area contributed by atoms with Gasteiger partial charge in [-0.3, -0.25) is 4.79 Å². The molecule has 1 aliphatic carbocycles. The van der Waals surface area contributed by atoms with Crippen LogP contribution in [0.5, 0.6) is 0 Å². The van der Waals surface area contributed by atoms with E-state index in [9.17, 15) is 4.79 Å². The molecule has 1 saturated heterocycles. The van der Waals surface area contributed by atoms with Crippen LogP contribution in [0, 0.1) is 0 Å². The van der Waals surface area contributed by atoms with Gasteiger partial charge in [-0.2, -0.15) is 0 Å². The molecule has 3 heterocycles. The summed E-state index contributed by atoms with van der Waals surface area (Å²) in [7, 11) is 1.65. The molecule has 6 nitrogen and oxygen atoms in total. The number of hydrogen-bond donors (Lipinski definition) is 0. The van der Waals surface area contributed by atoms with Crippen LogP contribution in [0.25, 0.3) is 0 Å². The molecular formula is C17H21N3O3. The van der Waals surface area contributed by atoms with Crippen molar-refractivity contribution in [3.05, 3.63) is 46.4 Å². The summed E-state index contributed by atoms with van der Waals surface area (Å²) in [5.41, 5.74) is 0.0190. The number of hydrogen-bond acceptors (Lipinski definition) is 5. The van der Waals surface area contributed by atoms with Gasteiger partial charge < -0.3 is 18.6 Å². The molecule has 1 unspecified atom stereocenters. The smallest absolute Gasteiger partial charge is 0.293 e. The Morgan fingerprint density at radius 2 is 2.22 bits per heavy atom. The lowest BCUT2D eigenvalue weighted by atomic mass is 10.1. The second kappa shape index (κ2) is 5.85. The topological polar surface area (TPSA) is 60.5 Å². The second-order valence-electron chi connectivity index (χ2n) is 6.28. The number of ether oxygens (including phenoxy) is 1. The zero-order valence-corrected chi connectivity index (χ0v) is 13.3. The lowest BCUT2D eigenvalue weighted by Crippen LogP contribution is -2.32. The van der Waals surface area contributed by atoms with E-state index >= 15 is 0 Å². The summed E-state index contributed by atoms with van der Waals surface area (Å²) in [6.45, 7) is 1.30. The zero-order chi connectivity index (χ0) is 15.8. The molecule has 0 aromatic carbocycles. The fourth-order valence-corrected chi connectivity index (χ4v) is 3.36. The highest BCUT2D eigenvalue weighted by atomic mass is 16.5. The van der Waals surface area contributed by atoms with Gasteiger partial charge in [0, 0.05) is 32.1 Å². The van der Waals surface area contributed by atoms with Crippen LogP contribution in [-0.2, 0) is 11.3 Å². The van der Waals surface area contributed by atoms with E-state index in [1.807, 2.05) is 16.7 Å². The maximum Gasteiger partial charge on any atom is 0.293 e. The van der Waals surface area contributed by atoms with Gasteiger partial charge in [0.15, 0.2) is 5.82 Å². The van der Waals surface area contributed by atoms with Gasteiger partial charge in [0.25, 0.3) is 5.56 Å². The summed E-state index contributed by atoms with van der Waals surface area (Å²) in [5.74, 6) is 2.25. The maximum atomic E-state index is 12.7. The molecule has 1 saturated carbocycles. The van der Waals surface area contributed by atoms with Crippen molar-refractivity contribution >= 4 is 5.82 Å². The van der Waals surface area contributed by atoms with Crippen LogP contribution in [0.1, 0.15) is 49.3 Å². The van der Waals surface area contributed by atoms with Crippen molar-refractivity contribution in [1.82, 2.24) is 9.55 Å². The van der Waals surface area contributed by atoms with Gasteiger partial charge in [-0.1, -0.05) is 0 Å².